The van der Waals surface area contributed by atoms with Gasteiger partial charge < -0.3 is 0 Å². The molecule has 1 aromatic carbocycles. The van der Waals surface area contributed by atoms with E-state index in [9.17, 15) is 5.26 Å². The third-order valence-electron chi connectivity index (χ3n) is 7.74. The van der Waals surface area contributed by atoms with E-state index in [1.165, 1.54) is 68.9 Å². The molecular formula is C26H39N. The molecule has 3 rings (SSSR count). The Bertz CT molecular complexity index is 592. The Morgan fingerprint density at radius 3 is 2.11 bits per heavy atom. The van der Waals surface area contributed by atoms with Gasteiger partial charge in [0.05, 0.1) is 11.5 Å². The van der Waals surface area contributed by atoms with Crippen molar-refractivity contribution in [3.05, 3.63) is 35.4 Å². The summed E-state index contributed by atoms with van der Waals surface area (Å²) in [7, 11) is 0. The fourth-order valence-electron chi connectivity index (χ4n) is 5.66. The summed E-state index contributed by atoms with van der Waals surface area (Å²) in [6, 6.07) is 12.2. The Morgan fingerprint density at radius 2 is 1.56 bits per heavy atom. The molecule has 0 unspecified atom stereocenters. The van der Waals surface area contributed by atoms with Crippen molar-refractivity contribution < 1.29 is 0 Å². The lowest BCUT2D eigenvalue weighted by molar-refractivity contribution is 0.228. The van der Waals surface area contributed by atoms with E-state index < -0.39 is 0 Å². The second-order valence-corrected chi connectivity index (χ2v) is 9.49. The van der Waals surface area contributed by atoms with E-state index in [4.69, 9.17) is 0 Å². The lowest BCUT2D eigenvalue weighted by Crippen LogP contribution is -2.25. The molecule has 0 N–H and O–H groups in total. The maximum Gasteiger partial charge on any atom is 0.0689 e. The smallest absolute Gasteiger partial charge is 0.0689 e. The van der Waals surface area contributed by atoms with E-state index in [0.29, 0.717) is 5.92 Å². The van der Waals surface area contributed by atoms with Gasteiger partial charge >= 0.3 is 0 Å². The zero-order valence-corrected chi connectivity index (χ0v) is 17.7. The van der Waals surface area contributed by atoms with Crippen molar-refractivity contribution in [2.24, 2.45) is 17.3 Å². The Morgan fingerprint density at radius 1 is 0.926 bits per heavy atom. The Kier molecular flexibility index (Phi) is 7.40. The van der Waals surface area contributed by atoms with Crippen molar-refractivity contribution in [3.8, 4) is 6.07 Å². The van der Waals surface area contributed by atoms with Crippen molar-refractivity contribution in [3.63, 3.8) is 0 Å². The first-order valence-corrected chi connectivity index (χ1v) is 11.7. The minimum atomic E-state index is -0.0258. The average molecular weight is 366 g/mol. The van der Waals surface area contributed by atoms with Crippen LogP contribution in [-0.2, 0) is 6.42 Å². The van der Waals surface area contributed by atoms with Gasteiger partial charge in [-0.15, -0.1) is 0 Å². The van der Waals surface area contributed by atoms with Crippen molar-refractivity contribution in [2.75, 3.05) is 0 Å². The molecule has 2 aliphatic carbocycles. The van der Waals surface area contributed by atoms with Gasteiger partial charge in [-0.2, -0.15) is 5.26 Å². The third-order valence-corrected chi connectivity index (χ3v) is 7.74. The van der Waals surface area contributed by atoms with Gasteiger partial charge in [0.2, 0.25) is 0 Å². The van der Waals surface area contributed by atoms with Gasteiger partial charge in [0, 0.05) is 0 Å². The second-order valence-electron chi connectivity index (χ2n) is 9.49. The number of hydrogen-bond donors (Lipinski definition) is 0. The van der Waals surface area contributed by atoms with Gasteiger partial charge in [0.25, 0.3) is 0 Å². The Labute approximate surface area is 167 Å². The lowest BCUT2D eigenvalue weighted by Gasteiger charge is -2.35. The summed E-state index contributed by atoms with van der Waals surface area (Å²) in [6.45, 7) is 4.56. The third kappa shape index (κ3) is 5.37. The first kappa shape index (κ1) is 20.4. The second kappa shape index (κ2) is 9.77. The van der Waals surface area contributed by atoms with Crippen LogP contribution in [0.2, 0.25) is 0 Å². The summed E-state index contributed by atoms with van der Waals surface area (Å²) in [4.78, 5) is 0. The zero-order chi connectivity index (χ0) is 19.1. The zero-order valence-electron chi connectivity index (χ0n) is 17.7. The number of rotatable bonds is 7. The highest BCUT2D eigenvalue weighted by Crippen LogP contribution is 2.45. The van der Waals surface area contributed by atoms with E-state index in [2.05, 4.69) is 44.2 Å². The van der Waals surface area contributed by atoms with Gasteiger partial charge in [-0.3, -0.25) is 0 Å². The largest absolute Gasteiger partial charge is 0.198 e. The maximum atomic E-state index is 9.61. The number of aryl methyl sites for hydroxylation is 1. The van der Waals surface area contributed by atoms with Crippen LogP contribution in [0.5, 0.6) is 0 Å². The van der Waals surface area contributed by atoms with Crippen LogP contribution < -0.4 is 0 Å². The van der Waals surface area contributed by atoms with Crippen LogP contribution in [0.25, 0.3) is 0 Å². The SMILES string of the molecule is CCCC1(C#N)CCC(c2ccc(CCC3CCC(CC)CC3)cc2)CC1. The van der Waals surface area contributed by atoms with E-state index in [1.807, 2.05) is 0 Å². The average Bonchev–Trinajstić information content (AvgIpc) is 2.74. The van der Waals surface area contributed by atoms with Gasteiger partial charge in [-0.1, -0.05) is 76.6 Å². The molecule has 0 atom stereocenters. The number of hydrogen-bond acceptors (Lipinski definition) is 1. The molecule has 27 heavy (non-hydrogen) atoms. The summed E-state index contributed by atoms with van der Waals surface area (Å²) in [6.07, 6.45) is 16.6. The fraction of sp³-hybridized carbons (Fsp3) is 0.731. The molecule has 0 bridgehead atoms. The lowest BCUT2D eigenvalue weighted by atomic mass is 9.68. The quantitative estimate of drug-likeness (QED) is 0.483. The van der Waals surface area contributed by atoms with E-state index in [0.717, 1.165) is 37.5 Å². The number of nitrogens with zero attached hydrogens (tertiary/aromatic N) is 1. The maximum absolute atomic E-state index is 9.61. The molecule has 0 spiro atoms. The van der Waals surface area contributed by atoms with Crippen LogP contribution in [0.15, 0.2) is 24.3 Å². The van der Waals surface area contributed by atoms with Crippen molar-refractivity contribution >= 4 is 0 Å². The van der Waals surface area contributed by atoms with Crippen LogP contribution in [0.4, 0.5) is 0 Å². The summed E-state index contributed by atoms with van der Waals surface area (Å²) in [5, 5.41) is 9.61. The van der Waals surface area contributed by atoms with E-state index in [1.54, 1.807) is 0 Å². The van der Waals surface area contributed by atoms with Gasteiger partial charge in [0.1, 0.15) is 0 Å². The Balaban J connectivity index is 1.46. The van der Waals surface area contributed by atoms with Crippen LogP contribution >= 0.6 is 0 Å². The molecule has 0 aromatic heterocycles. The molecule has 0 aliphatic heterocycles. The van der Waals surface area contributed by atoms with Crippen molar-refractivity contribution in [1.29, 1.82) is 5.26 Å². The normalized spacial score (nSPS) is 31.4. The predicted molar refractivity (Wildman–Crippen MR) is 115 cm³/mol. The van der Waals surface area contributed by atoms with Gasteiger partial charge in [-0.25, -0.2) is 0 Å². The molecule has 0 amide bonds. The fourth-order valence-corrected chi connectivity index (χ4v) is 5.66. The first-order chi connectivity index (χ1) is 13.2. The topological polar surface area (TPSA) is 23.8 Å². The van der Waals surface area contributed by atoms with Gasteiger partial charge in [0.15, 0.2) is 0 Å². The molecule has 2 saturated carbocycles. The minimum absolute atomic E-state index is 0.0258. The molecule has 1 nitrogen and oxygen atoms in total. The molecular weight excluding hydrogens is 326 g/mol. The standard InChI is InChI=1S/C26H39N/c1-3-17-26(20-27)18-15-25(16-19-26)24-13-11-23(12-14-24)10-9-22-7-5-21(4-2)6-8-22/h11-14,21-22,25H,3-10,15-19H2,1-2H3. The van der Waals surface area contributed by atoms with E-state index >= 15 is 0 Å². The molecule has 0 heterocycles. The summed E-state index contributed by atoms with van der Waals surface area (Å²) in [5.41, 5.74) is 3.00. The molecule has 2 fully saturated rings. The molecule has 148 valence electrons. The molecule has 2 aliphatic rings. The first-order valence-electron chi connectivity index (χ1n) is 11.7. The molecule has 0 radical (unpaired) electrons. The van der Waals surface area contributed by atoms with Gasteiger partial charge in [-0.05, 0) is 73.8 Å². The van der Waals surface area contributed by atoms with Crippen LogP contribution in [0.3, 0.4) is 0 Å². The molecule has 1 aromatic rings. The monoisotopic (exact) mass is 365 g/mol. The number of benzene rings is 1. The molecule has 1 heteroatoms. The van der Waals surface area contributed by atoms with Crippen LogP contribution in [-0.4, -0.2) is 0 Å². The highest BCUT2D eigenvalue weighted by Gasteiger charge is 2.35. The summed E-state index contributed by atoms with van der Waals surface area (Å²) in [5.74, 6) is 2.64. The predicted octanol–water partition coefficient (Wildman–Crippen LogP) is 7.80. The molecule has 0 saturated heterocycles. The highest BCUT2D eigenvalue weighted by molar-refractivity contribution is 5.26. The number of nitriles is 1. The highest BCUT2D eigenvalue weighted by atomic mass is 14.4. The summed E-state index contributed by atoms with van der Waals surface area (Å²) >= 11 is 0. The minimum Gasteiger partial charge on any atom is -0.198 e. The Hall–Kier alpha value is -1.29. The van der Waals surface area contributed by atoms with E-state index in [-0.39, 0.29) is 5.41 Å². The van der Waals surface area contributed by atoms with Crippen molar-refractivity contribution in [2.45, 2.75) is 103 Å². The summed E-state index contributed by atoms with van der Waals surface area (Å²) < 4.78 is 0. The van der Waals surface area contributed by atoms with Crippen LogP contribution in [0, 0.1) is 28.6 Å². The van der Waals surface area contributed by atoms with Crippen LogP contribution in [0.1, 0.15) is 108 Å². The van der Waals surface area contributed by atoms with Crippen molar-refractivity contribution in [1.82, 2.24) is 0 Å².